The molecule has 1 unspecified atom stereocenters. The SMILES string of the molecule is CCN(CC)CCN1C(=O)C(=O)/C(=C(\O)c2cc(Cl)c(OC)c(Cl)c2)C1c1ccc(C)o1. The highest BCUT2D eigenvalue weighted by Crippen LogP contribution is 2.42. The van der Waals surface area contributed by atoms with Gasteiger partial charge in [0.1, 0.15) is 23.3 Å². The lowest BCUT2D eigenvalue weighted by Crippen LogP contribution is -2.37. The van der Waals surface area contributed by atoms with Gasteiger partial charge in [0, 0.05) is 18.7 Å². The molecule has 1 atom stereocenters. The first kappa shape index (κ1) is 24.2. The van der Waals surface area contributed by atoms with Crippen LogP contribution in [0.5, 0.6) is 5.75 Å². The van der Waals surface area contributed by atoms with Crippen LogP contribution >= 0.6 is 23.2 Å². The summed E-state index contributed by atoms with van der Waals surface area (Å²) in [6, 6.07) is 5.47. The molecule has 1 saturated heterocycles. The number of hydrogen-bond donors (Lipinski definition) is 1. The van der Waals surface area contributed by atoms with Gasteiger partial charge in [0.15, 0.2) is 5.75 Å². The molecule has 1 aliphatic heterocycles. The van der Waals surface area contributed by atoms with Gasteiger partial charge in [-0.1, -0.05) is 37.0 Å². The third-order valence-corrected chi connectivity index (χ3v) is 6.16. The number of ether oxygens (including phenoxy) is 1. The fourth-order valence-electron chi connectivity index (χ4n) is 3.84. The van der Waals surface area contributed by atoms with Crippen molar-refractivity contribution in [2.75, 3.05) is 33.3 Å². The van der Waals surface area contributed by atoms with Crippen molar-refractivity contribution < 1.29 is 23.8 Å². The summed E-state index contributed by atoms with van der Waals surface area (Å²) in [5, 5.41) is 11.5. The highest BCUT2D eigenvalue weighted by atomic mass is 35.5. The molecule has 7 nitrogen and oxygen atoms in total. The smallest absolute Gasteiger partial charge is 0.295 e. The molecular weight excluding hydrogens is 455 g/mol. The number of carbonyl (C=O) groups is 2. The van der Waals surface area contributed by atoms with Crippen LogP contribution in [0.1, 0.15) is 37.0 Å². The zero-order valence-corrected chi connectivity index (χ0v) is 20.0. The van der Waals surface area contributed by atoms with Gasteiger partial charge < -0.3 is 24.1 Å². The molecule has 1 aromatic carbocycles. The van der Waals surface area contributed by atoms with Crippen LogP contribution in [0.3, 0.4) is 0 Å². The van der Waals surface area contributed by atoms with E-state index in [1.54, 1.807) is 19.1 Å². The number of furan rings is 1. The number of rotatable bonds is 8. The largest absolute Gasteiger partial charge is 0.507 e. The Morgan fingerprint density at radius 1 is 1.19 bits per heavy atom. The molecular formula is C23H26Cl2N2O5. The number of Topliss-reactive ketones (excluding diaryl/α,β-unsaturated/α-hetero) is 1. The molecule has 2 heterocycles. The maximum absolute atomic E-state index is 13.0. The zero-order chi connectivity index (χ0) is 23.6. The van der Waals surface area contributed by atoms with Crippen LogP contribution in [0, 0.1) is 6.92 Å². The van der Waals surface area contributed by atoms with Crippen molar-refractivity contribution in [2.24, 2.45) is 0 Å². The topological polar surface area (TPSA) is 83.2 Å². The third kappa shape index (κ3) is 4.51. The molecule has 2 aromatic rings. The van der Waals surface area contributed by atoms with Gasteiger partial charge in [-0.2, -0.15) is 0 Å². The first-order chi connectivity index (χ1) is 15.2. The van der Waals surface area contributed by atoms with E-state index in [4.69, 9.17) is 32.4 Å². The lowest BCUT2D eigenvalue weighted by Gasteiger charge is -2.26. The van der Waals surface area contributed by atoms with Gasteiger partial charge in [-0.15, -0.1) is 0 Å². The Morgan fingerprint density at radius 3 is 2.31 bits per heavy atom. The molecule has 0 radical (unpaired) electrons. The van der Waals surface area contributed by atoms with Gasteiger partial charge in [-0.3, -0.25) is 9.59 Å². The number of carbonyl (C=O) groups excluding carboxylic acids is 2. The Bertz CT molecular complexity index is 1040. The van der Waals surface area contributed by atoms with Gasteiger partial charge in [0.05, 0.1) is 22.7 Å². The van der Waals surface area contributed by atoms with Crippen LogP contribution in [-0.2, 0) is 9.59 Å². The summed E-state index contributed by atoms with van der Waals surface area (Å²) in [6.07, 6.45) is 0. The fraction of sp³-hybridized carbons (Fsp3) is 0.391. The van der Waals surface area contributed by atoms with E-state index in [0.717, 1.165) is 13.1 Å². The normalized spacial score (nSPS) is 18.1. The van der Waals surface area contributed by atoms with Gasteiger partial charge in [-0.25, -0.2) is 0 Å². The molecule has 1 amide bonds. The van der Waals surface area contributed by atoms with Crippen molar-refractivity contribution in [2.45, 2.75) is 26.8 Å². The van der Waals surface area contributed by atoms with Gasteiger partial charge in [0.2, 0.25) is 0 Å². The van der Waals surface area contributed by atoms with E-state index in [9.17, 15) is 14.7 Å². The number of methoxy groups -OCH3 is 1. The number of aryl methyl sites for hydroxylation is 1. The fourth-order valence-corrected chi connectivity index (χ4v) is 4.48. The summed E-state index contributed by atoms with van der Waals surface area (Å²) >= 11 is 12.4. The van der Waals surface area contributed by atoms with Crippen LogP contribution in [0.15, 0.2) is 34.3 Å². The zero-order valence-electron chi connectivity index (χ0n) is 18.4. The summed E-state index contributed by atoms with van der Waals surface area (Å²) < 4.78 is 10.9. The molecule has 0 spiro atoms. The summed E-state index contributed by atoms with van der Waals surface area (Å²) in [5.74, 6) is -0.576. The Hall–Kier alpha value is -2.48. The van der Waals surface area contributed by atoms with Gasteiger partial charge in [-0.05, 0) is 44.3 Å². The molecule has 1 aromatic heterocycles. The minimum absolute atomic E-state index is 0.0683. The molecule has 0 saturated carbocycles. The van der Waals surface area contributed by atoms with Crippen LogP contribution in [0.2, 0.25) is 10.0 Å². The molecule has 0 bridgehead atoms. The maximum Gasteiger partial charge on any atom is 0.295 e. The number of likely N-dealkylation sites (tertiary alicyclic amines) is 1. The minimum atomic E-state index is -0.862. The Balaban J connectivity index is 2.12. The molecule has 32 heavy (non-hydrogen) atoms. The minimum Gasteiger partial charge on any atom is -0.507 e. The molecule has 9 heteroatoms. The summed E-state index contributed by atoms with van der Waals surface area (Å²) in [7, 11) is 1.42. The first-order valence-corrected chi connectivity index (χ1v) is 11.1. The van der Waals surface area contributed by atoms with E-state index < -0.39 is 17.7 Å². The maximum atomic E-state index is 13.0. The van der Waals surface area contributed by atoms with Crippen molar-refractivity contribution in [3.63, 3.8) is 0 Å². The van der Waals surface area contributed by atoms with Crippen LogP contribution in [0.4, 0.5) is 0 Å². The summed E-state index contributed by atoms with van der Waals surface area (Å²) in [4.78, 5) is 29.6. The van der Waals surface area contributed by atoms with E-state index >= 15 is 0 Å². The Morgan fingerprint density at radius 2 is 1.81 bits per heavy atom. The highest BCUT2D eigenvalue weighted by molar-refractivity contribution is 6.46. The summed E-state index contributed by atoms with van der Waals surface area (Å²) in [5.41, 5.74) is 0.136. The van der Waals surface area contributed by atoms with Crippen LogP contribution in [0.25, 0.3) is 5.76 Å². The van der Waals surface area contributed by atoms with Crippen LogP contribution in [-0.4, -0.2) is 59.9 Å². The number of nitrogens with zero attached hydrogens (tertiary/aromatic N) is 2. The summed E-state index contributed by atoms with van der Waals surface area (Å²) in [6.45, 7) is 8.34. The molecule has 1 N–H and O–H groups in total. The van der Waals surface area contributed by atoms with E-state index in [1.165, 1.54) is 24.1 Å². The van der Waals surface area contributed by atoms with E-state index in [0.29, 0.717) is 24.6 Å². The number of aliphatic hydroxyl groups is 1. The number of benzene rings is 1. The quantitative estimate of drug-likeness (QED) is 0.335. The number of aliphatic hydroxyl groups excluding tert-OH is 1. The number of halogens is 2. The van der Waals surface area contributed by atoms with Crippen molar-refractivity contribution in [3.8, 4) is 5.75 Å². The second-order valence-corrected chi connectivity index (χ2v) is 8.26. The van der Waals surface area contributed by atoms with E-state index in [-0.39, 0.29) is 32.7 Å². The molecule has 1 fully saturated rings. The number of hydrogen-bond acceptors (Lipinski definition) is 6. The standard InChI is InChI=1S/C23H26Cl2N2O5/c1-5-26(6-2)9-10-27-19(17-8-7-13(3)32-17)18(21(29)23(27)30)20(28)14-11-15(24)22(31-4)16(25)12-14/h7-8,11-12,19,28H,5-6,9-10H2,1-4H3/b20-18-. The van der Waals surface area contributed by atoms with E-state index in [2.05, 4.69) is 4.90 Å². The lowest BCUT2D eigenvalue weighted by atomic mass is 9.99. The van der Waals surface area contributed by atoms with Crippen molar-refractivity contribution in [3.05, 3.63) is 57.0 Å². The predicted octanol–water partition coefficient (Wildman–Crippen LogP) is 4.67. The van der Waals surface area contributed by atoms with Crippen molar-refractivity contribution >= 4 is 40.7 Å². The Kier molecular flexibility index (Phi) is 7.54. The number of ketones is 1. The number of likely N-dealkylation sites (N-methyl/N-ethyl adjacent to an activating group) is 1. The van der Waals surface area contributed by atoms with Gasteiger partial charge in [0.25, 0.3) is 11.7 Å². The van der Waals surface area contributed by atoms with Crippen molar-refractivity contribution in [1.82, 2.24) is 9.80 Å². The number of amides is 1. The molecule has 172 valence electrons. The molecule has 0 aliphatic carbocycles. The molecule has 1 aliphatic rings. The third-order valence-electron chi connectivity index (χ3n) is 5.60. The predicted molar refractivity (Wildman–Crippen MR) is 123 cm³/mol. The first-order valence-electron chi connectivity index (χ1n) is 10.3. The van der Waals surface area contributed by atoms with E-state index in [1.807, 2.05) is 13.8 Å². The van der Waals surface area contributed by atoms with Crippen molar-refractivity contribution in [1.29, 1.82) is 0 Å². The Labute approximate surface area is 197 Å². The molecule has 3 rings (SSSR count). The second-order valence-electron chi connectivity index (χ2n) is 7.44. The highest BCUT2D eigenvalue weighted by Gasteiger charge is 2.47. The average molecular weight is 481 g/mol. The average Bonchev–Trinajstić information content (AvgIpc) is 3.29. The monoisotopic (exact) mass is 480 g/mol. The van der Waals surface area contributed by atoms with Crippen LogP contribution < -0.4 is 4.74 Å². The van der Waals surface area contributed by atoms with Gasteiger partial charge >= 0.3 is 0 Å². The second kappa shape index (κ2) is 9.98. The lowest BCUT2D eigenvalue weighted by molar-refractivity contribution is -0.140.